The van der Waals surface area contributed by atoms with Gasteiger partial charge in [0.15, 0.2) is 0 Å². The van der Waals surface area contributed by atoms with E-state index in [1.165, 1.54) is 16.7 Å². The van der Waals surface area contributed by atoms with E-state index in [0.29, 0.717) is 0 Å². The van der Waals surface area contributed by atoms with Gasteiger partial charge in [-0.2, -0.15) is 0 Å². The van der Waals surface area contributed by atoms with Gasteiger partial charge in [-0.25, -0.2) is 0 Å². The van der Waals surface area contributed by atoms with Crippen molar-refractivity contribution in [3.05, 3.63) is 46.8 Å². The van der Waals surface area contributed by atoms with Gasteiger partial charge >= 0.3 is 0 Å². The summed E-state index contributed by atoms with van der Waals surface area (Å²) in [5.74, 6) is 0. The van der Waals surface area contributed by atoms with Crippen molar-refractivity contribution in [3.63, 3.8) is 0 Å². The molecule has 0 atom stereocenters. The first kappa shape index (κ1) is 10.1. The van der Waals surface area contributed by atoms with Crippen LogP contribution in [0.25, 0.3) is 11.1 Å². The number of aryl methyl sites for hydroxylation is 2. The van der Waals surface area contributed by atoms with Crippen molar-refractivity contribution in [2.24, 2.45) is 5.16 Å². The summed E-state index contributed by atoms with van der Waals surface area (Å²) in [4.78, 5) is 8.30. The molecule has 0 saturated heterocycles. The van der Waals surface area contributed by atoms with Gasteiger partial charge in [-0.05, 0) is 31.5 Å². The quantitative estimate of drug-likeness (QED) is 0.636. The molecule has 1 aromatic carbocycles. The van der Waals surface area contributed by atoms with Gasteiger partial charge < -0.3 is 9.82 Å². The summed E-state index contributed by atoms with van der Waals surface area (Å²) in [6.07, 6.45) is 0. The van der Waals surface area contributed by atoms with Gasteiger partial charge in [0.2, 0.25) is 0 Å². The summed E-state index contributed by atoms with van der Waals surface area (Å²) < 4.78 is 0. The highest BCUT2D eigenvalue weighted by Gasteiger charge is 2.27. The van der Waals surface area contributed by atoms with E-state index in [1.807, 2.05) is 0 Å². The molecule has 1 heterocycles. The third kappa shape index (κ3) is 1.39. The lowest BCUT2D eigenvalue weighted by atomic mass is 10.0. The average Bonchev–Trinajstić information content (AvgIpc) is 2.77. The number of hydrogen-bond donors (Lipinski definition) is 1. The number of nitrogens with zero attached hydrogens (tertiary/aromatic N) is 1. The molecule has 0 unspecified atom stereocenters. The van der Waals surface area contributed by atoms with Crippen molar-refractivity contribution in [1.82, 2.24) is 4.98 Å². The number of aromatic nitrogens is 1. The van der Waals surface area contributed by atoms with Gasteiger partial charge in [0.05, 0.1) is 5.69 Å². The second kappa shape index (κ2) is 3.48. The number of fused-ring (bicyclic) bond motifs is 3. The van der Waals surface area contributed by atoms with Crippen LogP contribution in [0.1, 0.15) is 22.5 Å². The minimum atomic E-state index is 0.898. The zero-order valence-electron chi connectivity index (χ0n) is 10.2. The summed E-state index contributed by atoms with van der Waals surface area (Å²) in [5, 5.41) is 4.15. The number of rotatable bonds is 1. The van der Waals surface area contributed by atoms with Crippen molar-refractivity contribution in [3.8, 4) is 11.1 Å². The van der Waals surface area contributed by atoms with E-state index < -0.39 is 0 Å². The first-order valence-electron chi connectivity index (χ1n) is 5.63. The third-order valence-corrected chi connectivity index (χ3v) is 3.09. The lowest BCUT2D eigenvalue weighted by Gasteiger charge is -2.02. The van der Waals surface area contributed by atoms with Gasteiger partial charge in [-0.3, -0.25) is 0 Å². The Morgan fingerprint density at radius 1 is 1.06 bits per heavy atom. The Bertz CT molecular complexity index is 623. The summed E-state index contributed by atoms with van der Waals surface area (Å²) in [6, 6.07) is 8.58. The highest BCUT2D eigenvalue weighted by atomic mass is 16.6. The zero-order valence-corrected chi connectivity index (χ0v) is 10.2. The second-order valence-electron chi connectivity index (χ2n) is 4.41. The number of benzene rings is 1. The summed E-state index contributed by atoms with van der Waals surface area (Å²) in [7, 11) is 1.58. The van der Waals surface area contributed by atoms with E-state index >= 15 is 0 Å². The molecule has 0 spiro atoms. The maximum absolute atomic E-state index is 4.96. The summed E-state index contributed by atoms with van der Waals surface area (Å²) in [5.41, 5.74) is 7.92. The number of oxime groups is 1. The molecule has 0 saturated carbocycles. The predicted molar refractivity (Wildman–Crippen MR) is 68.4 cm³/mol. The third-order valence-electron chi connectivity index (χ3n) is 3.09. The molecule has 0 bridgehead atoms. The van der Waals surface area contributed by atoms with Crippen LogP contribution in [0, 0.1) is 13.8 Å². The Hall–Kier alpha value is -2.03. The molecular weight excluding hydrogens is 212 g/mol. The SMILES string of the molecule is CO/N=C1\c2cc(C)ccc2-c2cc(C)[nH]c21. The topological polar surface area (TPSA) is 37.4 Å². The molecule has 86 valence electrons. The minimum Gasteiger partial charge on any atom is -0.399 e. The van der Waals surface area contributed by atoms with Crippen LogP contribution >= 0.6 is 0 Å². The molecule has 0 aliphatic heterocycles. The normalized spacial score (nSPS) is 14.9. The van der Waals surface area contributed by atoms with Crippen LogP contribution in [0.15, 0.2) is 29.4 Å². The van der Waals surface area contributed by atoms with Crippen LogP contribution < -0.4 is 0 Å². The number of hydrogen-bond acceptors (Lipinski definition) is 2. The van der Waals surface area contributed by atoms with Crippen molar-refractivity contribution >= 4 is 5.71 Å². The van der Waals surface area contributed by atoms with Crippen molar-refractivity contribution in [1.29, 1.82) is 0 Å². The largest absolute Gasteiger partial charge is 0.399 e. The van der Waals surface area contributed by atoms with E-state index in [0.717, 1.165) is 22.7 Å². The molecule has 1 aliphatic rings. The Balaban J connectivity index is 2.32. The van der Waals surface area contributed by atoms with Gasteiger partial charge in [-0.15, -0.1) is 0 Å². The van der Waals surface area contributed by atoms with Crippen molar-refractivity contribution in [2.45, 2.75) is 13.8 Å². The van der Waals surface area contributed by atoms with E-state index in [2.05, 4.69) is 48.3 Å². The molecule has 3 heteroatoms. The number of nitrogens with one attached hydrogen (secondary N) is 1. The van der Waals surface area contributed by atoms with Gasteiger partial charge in [0.1, 0.15) is 12.8 Å². The van der Waals surface area contributed by atoms with Crippen LogP contribution in [0.3, 0.4) is 0 Å². The molecule has 17 heavy (non-hydrogen) atoms. The molecule has 3 nitrogen and oxygen atoms in total. The fraction of sp³-hybridized carbons (Fsp3) is 0.214. The maximum atomic E-state index is 4.96. The lowest BCUT2D eigenvalue weighted by Crippen LogP contribution is -2.00. The highest BCUT2D eigenvalue weighted by molar-refractivity contribution is 6.23. The minimum absolute atomic E-state index is 0.898. The van der Waals surface area contributed by atoms with Crippen LogP contribution in [0.2, 0.25) is 0 Å². The van der Waals surface area contributed by atoms with E-state index in [-0.39, 0.29) is 0 Å². The first-order valence-corrected chi connectivity index (χ1v) is 5.63. The van der Waals surface area contributed by atoms with Crippen LogP contribution in [0.5, 0.6) is 0 Å². The highest BCUT2D eigenvalue weighted by Crippen LogP contribution is 2.37. The fourth-order valence-corrected chi connectivity index (χ4v) is 2.40. The molecule has 1 aliphatic carbocycles. The van der Waals surface area contributed by atoms with Gasteiger partial charge in [0.25, 0.3) is 0 Å². The molecular formula is C14H14N2O. The molecule has 0 radical (unpaired) electrons. The molecule has 1 N–H and O–H groups in total. The average molecular weight is 226 g/mol. The maximum Gasteiger partial charge on any atom is 0.134 e. The van der Waals surface area contributed by atoms with E-state index in [1.54, 1.807) is 7.11 Å². The predicted octanol–water partition coefficient (Wildman–Crippen LogP) is 3.01. The molecule has 1 aromatic heterocycles. The Morgan fingerprint density at radius 3 is 2.65 bits per heavy atom. The van der Waals surface area contributed by atoms with E-state index in [9.17, 15) is 0 Å². The number of H-pyrrole nitrogens is 1. The molecule has 2 aromatic rings. The van der Waals surface area contributed by atoms with Crippen LogP contribution in [-0.2, 0) is 4.84 Å². The smallest absolute Gasteiger partial charge is 0.134 e. The molecule has 0 fully saturated rings. The van der Waals surface area contributed by atoms with Crippen molar-refractivity contribution < 1.29 is 4.84 Å². The Labute approximate surface area is 100 Å². The summed E-state index contributed by atoms with van der Waals surface area (Å²) >= 11 is 0. The Kier molecular flexibility index (Phi) is 2.08. The Morgan fingerprint density at radius 2 is 1.88 bits per heavy atom. The van der Waals surface area contributed by atoms with E-state index in [4.69, 9.17) is 4.84 Å². The van der Waals surface area contributed by atoms with Crippen LogP contribution in [0.4, 0.5) is 0 Å². The first-order chi connectivity index (χ1) is 8.20. The van der Waals surface area contributed by atoms with Gasteiger partial charge in [-0.1, -0.05) is 22.9 Å². The fourth-order valence-electron chi connectivity index (χ4n) is 2.40. The number of aromatic amines is 1. The lowest BCUT2D eigenvalue weighted by molar-refractivity contribution is 0.214. The van der Waals surface area contributed by atoms with Gasteiger partial charge in [0, 0.05) is 16.8 Å². The zero-order chi connectivity index (χ0) is 12.0. The monoisotopic (exact) mass is 226 g/mol. The summed E-state index contributed by atoms with van der Waals surface area (Å²) in [6.45, 7) is 4.14. The standard InChI is InChI=1S/C14H14N2O/c1-8-4-5-10-11(6-8)14(16-17-3)13-12(10)7-9(2)15-13/h4-7,15H,1-3H3/b16-14+. The van der Waals surface area contributed by atoms with Crippen LogP contribution in [-0.4, -0.2) is 17.8 Å². The van der Waals surface area contributed by atoms with Crippen molar-refractivity contribution in [2.75, 3.05) is 7.11 Å². The molecule has 0 amide bonds. The second-order valence-corrected chi connectivity index (χ2v) is 4.41. The molecule has 3 rings (SSSR count).